The lowest BCUT2D eigenvalue weighted by molar-refractivity contribution is -0.151. The molecule has 0 unspecified atom stereocenters. The minimum absolute atomic E-state index is 0.165. The molecule has 1 N–H and O–H groups in total. The first-order valence-corrected chi connectivity index (χ1v) is 7.29. The summed E-state index contributed by atoms with van der Waals surface area (Å²) in [5, 5.41) is 11.6. The highest BCUT2D eigenvalue weighted by Crippen LogP contribution is 2.21. The van der Waals surface area contributed by atoms with Gasteiger partial charge < -0.3 is 10.1 Å². The molecule has 0 radical (unpaired) electrons. The maximum absolute atomic E-state index is 11.8. The summed E-state index contributed by atoms with van der Waals surface area (Å²) < 4.78 is 5.02. The summed E-state index contributed by atoms with van der Waals surface area (Å²) in [4.78, 5) is 23.6. The number of rotatable bonds is 4. The fourth-order valence-corrected chi connectivity index (χ4v) is 2.37. The molecule has 6 heteroatoms. The van der Waals surface area contributed by atoms with Gasteiger partial charge in [-0.25, -0.2) is 0 Å². The van der Waals surface area contributed by atoms with Crippen LogP contribution >= 0.6 is 11.6 Å². The smallest absolute Gasteiger partial charge is 0.309 e. The summed E-state index contributed by atoms with van der Waals surface area (Å²) >= 11 is 5.88. The van der Waals surface area contributed by atoms with Crippen molar-refractivity contribution < 1.29 is 14.3 Å². The van der Waals surface area contributed by atoms with Gasteiger partial charge in [0.05, 0.1) is 16.5 Å². The van der Waals surface area contributed by atoms with Crippen molar-refractivity contribution in [3.8, 4) is 6.07 Å². The van der Waals surface area contributed by atoms with Crippen LogP contribution in [-0.2, 0) is 14.3 Å². The zero-order valence-electron chi connectivity index (χ0n) is 11.8. The molecule has 1 amide bonds. The number of anilines is 1. The minimum Gasteiger partial charge on any atom is -0.455 e. The number of carbonyl (C=O) groups excluding carboxylic acids is 2. The second-order valence-corrected chi connectivity index (χ2v) is 5.35. The number of amides is 1. The van der Waals surface area contributed by atoms with Crippen LogP contribution in [0.3, 0.4) is 0 Å². The van der Waals surface area contributed by atoms with E-state index >= 15 is 0 Å². The maximum Gasteiger partial charge on any atom is 0.309 e. The topological polar surface area (TPSA) is 79.2 Å². The van der Waals surface area contributed by atoms with Gasteiger partial charge in [-0.15, -0.1) is 0 Å². The van der Waals surface area contributed by atoms with Gasteiger partial charge in [0.25, 0.3) is 5.91 Å². The number of halogens is 1. The molecule has 1 aliphatic carbocycles. The number of nitrogens with one attached hydrogen (secondary N) is 1. The average molecular weight is 319 g/mol. The van der Waals surface area contributed by atoms with Crippen LogP contribution in [0.15, 0.2) is 30.4 Å². The lowest BCUT2D eigenvalue weighted by atomic mass is 9.95. The molecule has 0 fully saturated rings. The summed E-state index contributed by atoms with van der Waals surface area (Å²) in [5.41, 5.74) is 0.780. The first-order valence-electron chi connectivity index (χ1n) is 6.91. The van der Waals surface area contributed by atoms with Gasteiger partial charge in [0.15, 0.2) is 6.61 Å². The zero-order chi connectivity index (χ0) is 15.9. The predicted molar refractivity (Wildman–Crippen MR) is 82.2 cm³/mol. The Morgan fingerprint density at radius 3 is 2.86 bits per heavy atom. The van der Waals surface area contributed by atoms with Crippen molar-refractivity contribution in [3.63, 3.8) is 0 Å². The molecular weight excluding hydrogens is 304 g/mol. The zero-order valence-corrected chi connectivity index (χ0v) is 12.6. The van der Waals surface area contributed by atoms with E-state index in [1.54, 1.807) is 6.07 Å². The van der Waals surface area contributed by atoms with Crippen LogP contribution in [0.5, 0.6) is 0 Å². The molecule has 22 heavy (non-hydrogen) atoms. The van der Waals surface area contributed by atoms with Gasteiger partial charge in [0.2, 0.25) is 0 Å². The average Bonchev–Trinajstić information content (AvgIpc) is 2.53. The van der Waals surface area contributed by atoms with Crippen molar-refractivity contribution in [2.75, 3.05) is 11.9 Å². The molecule has 1 atom stereocenters. The number of benzene rings is 1. The molecule has 1 aromatic carbocycles. The van der Waals surface area contributed by atoms with Gasteiger partial charge >= 0.3 is 5.97 Å². The fraction of sp³-hybridized carbons (Fsp3) is 0.312. The third-order valence-electron chi connectivity index (χ3n) is 3.32. The Morgan fingerprint density at radius 1 is 1.41 bits per heavy atom. The van der Waals surface area contributed by atoms with Crippen molar-refractivity contribution in [2.45, 2.75) is 19.3 Å². The lowest BCUT2D eigenvalue weighted by Gasteiger charge is -2.16. The lowest BCUT2D eigenvalue weighted by Crippen LogP contribution is -2.25. The molecule has 1 aliphatic rings. The molecule has 5 nitrogen and oxygen atoms in total. The highest BCUT2D eigenvalue weighted by atomic mass is 35.5. The number of allylic oxidation sites excluding steroid dienone is 2. The standard InChI is InChI=1S/C16H15ClN2O3/c17-14-8-13(7-6-12(14)9-18)19-15(20)10-22-16(21)11-4-2-1-3-5-11/h1-2,6-8,11H,3-5,10H2,(H,19,20)/t11-/m1/s1. The van der Waals surface area contributed by atoms with Gasteiger partial charge in [-0.05, 0) is 37.5 Å². The first kappa shape index (κ1) is 16.1. The molecule has 0 spiro atoms. The number of hydrogen-bond donors (Lipinski definition) is 1. The molecule has 1 aromatic rings. The van der Waals surface area contributed by atoms with E-state index in [4.69, 9.17) is 21.6 Å². The number of nitrogens with zero attached hydrogens (tertiary/aromatic N) is 1. The summed E-state index contributed by atoms with van der Waals surface area (Å²) in [6, 6.07) is 6.49. The number of esters is 1. The Balaban J connectivity index is 1.83. The predicted octanol–water partition coefficient (Wildman–Crippen LogP) is 3.05. The molecule has 2 rings (SSSR count). The SMILES string of the molecule is N#Cc1ccc(NC(=O)COC(=O)[C@@H]2CC=CCC2)cc1Cl. The molecule has 114 valence electrons. The van der Waals surface area contributed by atoms with E-state index in [9.17, 15) is 9.59 Å². The van der Waals surface area contributed by atoms with E-state index in [1.165, 1.54) is 12.1 Å². The first-order chi connectivity index (χ1) is 10.6. The van der Waals surface area contributed by atoms with Crippen LogP contribution in [0, 0.1) is 17.2 Å². The molecule has 0 aromatic heterocycles. The van der Waals surface area contributed by atoms with E-state index in [2.05, 4.69) is 5.32 Å². The van der Waals surface area contributed by atoms with Gasteiger partial charge in [-0.2, -0.15) is 5.26 Å². The van der Waals surface area contributed by atoms with Crippen molar-refractivity contribution in [3.05, 3.63) is 40.9 Å². The maximum atomic E-state index is 11.8. The Hall–Kier alpha value is -2.32. The Morgan fingerprint density at radius 2 is 2.23 bits per heavy atom. The highest BCUT2D eigenvalue weighted by Gasteiger charge is 2.21. The molecule has 0 saturated heterocycles. The van der Waals surface area contributed by atoms with E-state index in [0.29, 0.717) is 17.7 Å². The molecule has 0 saturated carbocycles. The van der Waals surface area contributed by atoms with Crippen LogP contribution in [0.1, 0.15) is 24.8 Å². The second-order valence-electron chi connectivity index (χ2n) is 4.94. The van der Waals surface area contributed by atoms with Crippen molar-refractivity contribution >= 4 is 29.2 Å². The van der Waals surface area contributed by atoms with Crippen LogP contribution in [0.2, 0.25) is 5.02 Å². The highest BCUT2D eigenvalue weighted by molar-refractivity contribution is 6.32. The molecule has 0 aliphatic heterocycles. The van der Waals surface area contributed by atoms with Gasteiger partial charge in [-0.1, -0.05) is 23.8 Å². The molecule has 0 heterocycles. The quantitative estimate of drug-likeness (QED) is 0.683. The van der Waals surface area contributed by atoms with Crippen LogP contribution in [-0.4, -0.2) is 18.5 Å². The van der Waals surface area contributed by atoms with E-state index < -0.39 is 5.91 Å². The molecule has 0 bridgehead atoms. The van der Waals surface area contributed by atoms with Crippen molar-refractivity contribution in [1.82, 2.24) is 0 Å². The second kappa shape index (κ2) is 7.62. The van der Waals surface area contributed by atoms with Crippen molar-refractivity contribution in [2.24, 2.45) is 5.92 Å². The van der Waals surface area contributed by atoms with E-state index in [1.807, 2.05) is 18.2 Å². The normalized spacial score (nSPS) is 16.6. The van der Waals surface area contributed by atoms with Crippen molar-refractivity contribution in [1.29, 1.82) is 5.26 Å². The van der Waals surface area contributed by atoms with Gasteiger partial charge in [0, 0.05) is 5.69 Å². The molecular formula is C16H15ClN2O3. The summed E-state index contributed by atoms with van der Waals surface area (Å²) in [5.74, 6) is -0.958. The largest absolute Gasteiger partial charge is 0.455 e. The van der Waals surface area contributed by atoms with Crippen LogP contribution in [0.4, 0.5) is 5.69 Å². The van der Waals surface area contributed by atoms with E-state index in [-0.39, 0.29) is 23.5 Å². The number of nitriles is 1. The fourth-order valence-electron chi connectivity index (χ4n) is 2.14. The van der Waals surface area contributed by atoms with Gasteiger partial charge in [-0.3, -0.25) is 9.59 Å². The summed E-state index contributed by atoms with van der Waals surface area (Å²) in [6.07, 6.45) is 6.25. The van der Waals surface area contributed by atoms with Crippen LogP contribution < -0.4 is 5.32 Å². The van der Waals surface area contributed by atoms with Crippen LogP contribution in [0.25, 0.3) is 0 Å². The third kappa shape index (κ3) is 4.34. The van der Waals surface area contributed by atoms with Gasteiger partial charge in [0.1, 0.15) is 6.07 Å². The van der Waals surface area contributed by atoms with E-state index in [0.717, 1.165) is 12.8 Å². The number of ether oxygens (including phenoxy) is 1. The number of carbonyl (C=O) groups is 2. The third-order valence-corrected chi connectivity index (χ3v) is 3.63. The number of hydrogen-bond acceptors (Lipinski definition) is 4. The summed E-state index contributed by atoms with van der Waals surface area (Å²) in [7, 11) is 0. The Kier molecular flexibility index (Phi) is 5.56. The minimum atomic E-state index is -0.444. The Labute approximate surface area is 133 Å². The Bertz CT molecular complexity index is 649. The summed E-state index contributed by atoms with van der Waals surface area (Å²) in [6.45, 7) is -0.337. The monoisotopic (exact) mass is 318 g/mol.